The van der Waals surface area contributed by atoms with E-state index in [-0.39, 0.29) is 11.7 Å². The van der Waals surface area contributed by atoms with Crippen molar-refractivity contribution >= 4 is 11.7 Å². The van der Waals surface area contributed by atoms with Crippen molar-refractivity contribution in [3.63, 3.8) is 0 Å². The zero-order chi connectivity index (χ0) is 15.3. The van der Waals surface area contributed by atoms with Crippen molar-refractivity contribution < 1.29 is 10.0 Å². The van der Waals surface area contributed by atoms with Crippen LogP contribution in [-0.4, -0.2) is 48.0 Å². The first-order chi connectivity index (χ1) is 10.1. The van der Waals surface area contributed by atoms with E-state index in [9.17, 15) is 4.79 Å². The highest BCUT2D eigenvalue weighted by Crippen LogP contribution is 2.35. The molecule has 6 heteroatoms. The van der Waals surface area contributed by atoms with Crippen LogP contribution in [0, 0.1) is 5.41 Å². The average molecular weight is 296 g/mol. The third-order valence-electron chi connectivity index (χ3n) is 4.91. The zero-order valence-electron chi connectivity index (χ0n) is 13.0. The molecule has 0 bridgehead atoms. The van der Waals surface area contributed by atoms with Gasteiger partial charge in [-0.05, 0) is 32.7 Å². The van der Waals surface area contributed by atoms with Crippen LogP contribution >= 0.6 is 0 Å². The van der Waals surface area contributed by atoms with Crippen molar-refractivity contribution in [2.75, 3.05) is 20.1 Å². The van der Waals surface area contributed by atoms with Crippen LogP contribution in [0.4, 0.5) is 0 Å². The number of nitrogens with zero attached hydrogens (tertiary/aromatic N) is 2. The van der Waals surface area contributed by atoms with Crippen LogP contribution in [-0.2, 0) is 4.79 Å². The van der Waals surface area contributed by atoms with E-state index < -0.39 is 5.41 Å². The van der Waals surface area contributed by atoms with E-state index in [0.29, 0.717) is 25.4 Å². The van der Waals surface area contributed by atoms with Crippen molar-refractivity contribution in [3.8, 4) is 0 Å². The summed E-state index contributed by atoms with van der Waals surface area (Å²) < 4.78 is 0. The lowest BCUT2D eigenvalue weighted by molar-refractivity contribution is -0.128. The van der Waals surface area contributed by atoms with Gasteiger partial charge in [-0.25, -0.2) is 0 Å². The lowest BCUT2D eigenvalue weighted by Crippen LogP contribution is -2.50. The molecule has 4 N–H and O–H groups in total. The SMILES string of the molecule is CN(CCNC(=O)C1(C(N)=NO)CCCCCC1)C1CC1. The van der Waals surface area contributed by atoms with Crippen molar-refractivity contribution in [1.82, 2.24) is 10.2 Å². The number of carbonyl (C=O) groups is 1. The maximum Gasteiger partial charge on any atom is 0.233 e. The van der Waals surface area contributed by atoms with Crippen molar-refractivity contribution in [1.29, 1.82) is 0 Å². The van der Waals surface area contributed by atoms with Crippen LogP contribution in [0.5, 0.6) is 0 Å². The topological polar surface area (TPSA) is 91.0 Å². The molecule has 0 heterocycles. The van der Waals surface area contributed by atoms with Gasteiger partial charge in [-0.3, -0.25) is 4.79 Å². The Balaban J connectivity index is 1.93. The highest BCUT2D eigenvalue weighted by Gasteiger charge is 2.42. The average Bonchev–Trinajstić information content (AvgIpc) is 3.32. The normalized spacial score (nSPS) is 22.9. The van der Waals surface area contributed by atoms with E-state index in [1.807, 2.05) is 0 Å². The van der Waals surface area contributed by atoms with Crippen LogP contribution < -0.4 is 11.1 Å². The molecule has 0 spiro atoms. The lowest BCUT2D eigenvalue weighted by atomic mass is 9.78. The number of amides is 1. The second kappa shape index (κ2) is 7.11. The Morgan fingerprint density at radius 2 is 1.95 bits per heavy atom. The van der Waals surface area contributed by atoms with Gasteiger partial charge in [-0.2, -0.15) is 0 Å². The van der Waals surface area contributed by atoms with Gasteiger partial charge in [0.25, 0.3) is 0 Å². The van der Waals surface area contributed by atoms with E-state index in [0.717, 1.165) is 32.2 Å². The van der Waals surface area contributed by atoms with E-state index in [2.05, 4.69) is 22.4 Å². The molecule has 1 amide bonds. The Morgan fingerprint density at radius 3 is 2.48 bits per heavy atom. The maximum absolute atomic E-state index is 12.6. The van der Waals surface area contributed by atoms with Gasteiger partial charge in [0.15, 0.2) is 5.84 Å². The quantitative estimate of drug-likeness (QED) is 0.226. The Labute approximate surface area is 126 Å². The Kier molecular flexibility index (Phi) is 5.45. The van der Waals surface area contributed by atoms with Gasteiger partial charge < -0.3 is 21.2 Å². The Morgan fingerprint density at radius 1 is 1.33 bits per heavy atom. The summed E-state index contributed by atoms with van der Waals surface area (Å²) in [6.07, 6.45) is 7.99. The fourth-order valence-electron chi connectivity index (χ4n) is 3.24. The summed E-state index contributed by atoms with van der Waals surface area (Å²) in [6, 6.07) is 0.692. The molecule has 2 rings (SSSR count). The molecule has 0 saturated heterocycles. The van der Waals surface area contributed by atoms with Crippen LogP contribution in [0.25, 0.3) is 0 Å². The third-order valence-corrected chi connectivity index (χ3v) is 4.91. The van der Waals surface area contributed by atoms with Crippen LogP contribution in [0.3, 0.4) is 0 Å². The number of hydrogen-bond donors (Lipinski definition) is 3. The Bertz CT molecular complexity index is 385. The third kappa shape index (κ3) is 3.87. The largest absolute Gasteiger partial charge is 0.409 e. The van der Waals surface area contributed by atoms with Gasteiger partial charge in [0.1, 0.15) is 5.41 Å². The summed E-state index contributed by atoms with van der Waals surface area (Å²) in [5, 5.41) is 15.2. The standard InChI is InChI=1S/C15H28N4O2/c1-19(12-6-7-12)11-10-17-14(20)15(13(16)18-21)8-4-2-3-5-9-15/h12,21H,2-11H2,1H3,(H2,16,18)(H,17,20). The molecule has 2 fully saturated rings. The van der Waals surface area contributed by atoms with Crippen molar-refractivity contribution in [2.24, 2.45) is 16.3 Å². The molecule has 120 valence electrons. The van der Waals surface area contributed by atoms with E-state index in [4.69, 9.17) is 10.9 Å². The summed E-state index contributed by atoms with van der Waals surface area (Å²) >= 11 is 0. The minimum absolute atomic E-state index is 0.0671. The molecule has 0 aromatic carbocycles. The smallest absolute Gasteiger partial charge is 0.233 e. The summed E-state index contributed by atoms with van der Waals surface area (Å²) in [7, 11) is 2.09. The molecule has 2 saturated carbocycles. The number of nitrogens with one attached hydrogen (secondary N) is 1. The minimum atomic E-state index is -0.816. The predicted molar refractivity (Wildman–Crippen MR) is 82.2 cm³/mol. The second-order valence-corrected chi connectivity index (χ2v) is 6.45. The summed E-state index contributed by atoms with van der Waals surface area (Å²) in [5.74, 6) is -0.0126. The highest BCUT2D eigenvalue weighted by atomic mass is 16.4. The molecule has 0 unspecified atom stereocenters. The van der Waals surface area contributed by atoms with E-state index in [1.54, 1.807) is 0 Å². The molecule has 6 nitrogen and oxygen atoms in total. The first-order valence-electron chi connectivity index (χ1n) is 8.07. The summed E-state index contributed by atoms with van der Waals surface area (Å²) in [4.78, 5) is 14.9. The first-order valence-corrected chi connectivity index (χ1v) is 8.07. The number of oxime groups is 1. The number of carbonyl (C=O) groups excluding carboxylic acids is 1. The van der Waals surface area contributed by atoms with Gasteiger partial charge >= 0.3 is 0 Å². The predicted octanol–water partition coefficient (Wildman–Crippen LogP) is 1.28. The number of hydrogen-bond acceptors (Lipinski definition) is 4. The number of nitrogens with two attached hydrogens (primary N) is 1. The van der Waals surface area contributed by atoms with Gasteiger partial charge in [0.2, 0.25) is 5.91 Å². The van der Waals surface area contributed by atoms with Crippen LogP contribution in [0.15, 0.2) is 5.16 Å². The molecule has 0 atom stereocenters. The number of likely N-dealkylation sites (N-methyl/N-ethyl adjacent to an activating group) is 1. The highest BCUT2D eigenvalue weighted by molar-refractivity contribution is 6.06. The monoisotopic (exact) mass is 296 g/mol. The molecule has 0 aromatic rings. The molecule has 2 aliphatic carbocycles. The van der Waals surface area contributed by atoms with E-state index >= 15 is 0 Å². The van der Waals surface area contributed by atoms with Crippen molar-refractivity contribution in [2.45, 2.75) is 57.4 Å². The second-order valence-electron chi connectivity index (χ2n) is 6.45. The summed E-state index contributed by atoms with van der Waals surface area (Å²) in [5.41, 5.74) is 5.06. The number of rotatable bonds is 6. The van der Waals surface area contributed by atoms with Crippen LogP contribution in [0.2, 0.25) is 0 Å². The molecule has 0 aliphatic heterocycles. The van der Waals surface area contributed by atoms with Crippen LogP contribution in [0.1, 0.15) is 51.4 Å². The minimum Gasteiger partial charge on any atom is -0.409 e. The van der Waals surface area contributed by atoms with Gasteiger partial charge in [0, 0.05) is 19.1 Å². The lowest BCUT2D eigenvalue weighted by Gasteiger charge is -2.30. The van der Waals surface area contributed by atoms with Gasteiger partial charge in [0.05, 0.1) is 0 Å². The van der Waals surface area contributed by atoms with E-state index in [1.165, 1.54) is 12.8 Å². The number of amidine groups is 1. The fourth-order valence-corrected chi connectivity index (χ4v) is 3.24. The molecule has 2 aliphatic rings. The molecule has 0 aromatic heterocycles. The zero-order valence-corrected chi connectivity index (χ0v) is 13.0. The van der Waals surface area contributed by atoms with Gasteiger partial charge in [-0.1, -0.05) is 30.8 Å². The summed E-state index contributed by atoms with van der Waals surface area (Å²) in [6.45, 7) is 1.47. The molecule has 21 heavy (non-hydrogen) atoms. The Hall–Kier alpha value is -1.30. The molecule has 0 radical (unpaired) electrons. The molecular formula is C15H28N4O2. The fraction of sp³-hybridized carbons (Fsp3) is 0.867. The molecular weight excluding hydrogens is 268 g/mol. The maximum atomic E-state index is 12.6. The first kappa shape index (κ1) is 16.1. The van der Waals surface area contributed by atoms with Gasteiger partial charge in [-0.15, -0.1) is 0 Å². The van der Waals surface area contributed by atoms with Crippen molar-refractivity contribution in [3.05, 3.63) is 0 Å².